The predicted molar refractivity (Wildman–Crippen MR) is 120 cm³/mol. The van der Waals surface area contributed by atoms with Gasteiger partial charge >= 0.3 is 0 Å². The summed E-state index contributed by atoms with van der Waals surface area (Å²) >= 11 is 0. The Morgan fingerprint density at radius 3 is 2.52 bits per heavy atom. The van der Waals surface area contributed by atoms with Crippen molar-refractivity contribution >= 4 is 21.1 Å². The van der Waals surface area contributed by atoms with Gasteiger partial charge in [0, 0.05) is 20.0 Å². The van der Waals surface area contributed by atoms with Crippen LogP contribution in [0.4, 0.5) is 0 Å². The molecule has 0 bridgehead atoms. The molecule has 0 spiro atoms. The van der Waals surface area contributed by atoms with Crippen LogP contribution in [0.2, 0.25) is 0 Å². The first-order valence-electron chi connectivity index (χ1n) is 10.7. The highest BCUT2D eigenvalue weighted by Crippen LogP contribution is 2.39. The summed E-state index contributed by atoms with van der Waals surface area (Å²) in [7, 11) is -1.15. The molecule has 160 valence electrons. The summed E-state index contributed by atoms with van der Waals surface area (Å²) < 4.78 is 29.5. The van der Waals surface area contributed by atoms with E-state index in [1.54, 1.807) is 13.8 Å². The highest BCUT2D eigenvalue weighted by atomic mass is 32.2. The van der Waals surface area contributed by atoms with Gasteiger partial charge in [0.05, 0.1) is 16.3 Å². The lowest BCUT2D eigenvalue weighted by atomic mass is 9.70. The number of aryl methyl sites for hydroxylation is 1. The number of rotatable bonds is 7. The molecule has 0 unspecified atom stereocenters. The smallest absolute Gasteiger partial charge is 0.213 e. The van der Waals surface area contributed by atoms with Crippen LogP contribution >= 0.6 is 0 Å². The molecule has 0 fully saturated rings. The van der Waals surface area contributed by atoms with Gasteiger partial charge < -0.3 is 4.57 Å². The Balaban J connectivity index is 1.80. The van der Waals surface area contributed by atoms with Crippen LogP contribution in [0.5, 0.6) is 0 Å². The minimum absolute atomic E-state index is 0.236. The van der Waals surface area contributed by atoms with E-state index in [9.17, 15) is 8.42 Å². The molecule has 1 aliphatic rings. The van der Waals surface area contributed by atoms with Crippen LogP contribution in [0.1, 0.15) is 46.9 Å². The van der Waals surface area contributed by atoms with Crippen molar-refractivity contribution in [2.75, 3.05) is 6.54 Å². The predicted octanol–water partition coefficient (Wildman–Crippen LogP) is 4.30. The molecule has 0 saturated heterocycles. The van der Waals surface area contributed by atoms with Gasteiger partial charge in [0.2, 0.25) is 10.0 Å². The van der Waals surface area contributed by atoms with Gasteiger partial charge in [-0.1, -0.05) is 37.6 Å². The molecule has 1 heterocycles. The second-order valence-corrected chi connectivity index (χ2v) is 11.5. The van der Waals surface area contributed by atoms with Crippen molar-refractivity contribution in [3.8, 4) is 0 Å². The molecular formula is C23H35N3O2S. The second-order valence-electron chi connectivity index (χ2n) is 9.14. The number of hydrogen-bond donors (Lipinski definition) is 1. The first-order chi connectivity index (χ1) is 13.6. The molecule has 3 rings (SSSR count). The number of benzene rings is 1. The summed E-state index contributed by atoms with van der Waals surface area (Å²) in [6.45, 7) is 10.6. The van der Waals surface area contributed by atoms with Crippen LogP contribution in [0.3, 0.4) is 0 Å². The van der Waals surface area contributed by atoms with Gasteiger partial charge in [0.25, 0.3) is 0 Å². The van der Waals surface area contributed by atoms with Crippen molar-refractivity contribution in [1.82, 2.24) is 14.3 Å². The lowest BCUT2D eigenvalue weighted by molar-refractivity contribution is 0.226. The van der Waals surface area contributed by atoms with Gasteiger partial charge in [-0.2, -0.15) is 0 Å². The summed E-state index contributed by atoms with van der Waals surface area (Å²) in [5.41, 5.74) is 3.56. The second kappa shape index (κ2) is 8.60. The monoisotopic (exact) mass is 417 g/mol. The first kappa shape index (κ1) is 22.0. The number of aromatic nitrogens is 2. The molecule has 3 atom stereocenters. The van der Waals surface area contributed by atoms with Crippen molar-refractivity contribution in [3.63, 3.8) is 0 Å². The van der Waals surface area contributed by atoms with E-state index in [1.165, 1.54) is 11.1 Å². The van der Waals surface area contributed by atoms with Crippen LogP contribution in [-0.2, 0) is 23.5 Å². The van der Waals surface area contributed by atoms with Crippen LogP contribution in [0.25, 0.3) is 11.0 Å². The molecule has 0 aliphatic heterocycles. The Hall–Kier alpha value is -1.66. The summed E-state index contributed by atoms with van der Waals surface area (Å²) in [6, 6.07) is 8.26. The fourth-order valence-corrected chi connectivity index (χ4v) is 5.24. The number of nitrogens with one attached hydrogen (secondary N) is 1. The lowest BCUT2D eigenvalue weighted by Crippen LogP contribution is -2.39. The van der Waals surface area contributed by atoms with E-state index in [4.69, 9.17) is 4.98 Å². The van der Waals surface area contributed by atoms with Crippen LogP contribution in [-0.4, -0.2) is 29.8 Å². The summed E-state index contributed by atoms with van der Waals surface area (Å²) in [5, 5.41) is -0.404. The highest BCUT2D eigenvalue weighted by Gasteiger charge is 2.33. The summed E-state index contributed by atoms with van der Waals surface area (Å²) in [4.78, 5) is 4.86. The van der Waals surface area contributed by atoms with Gasteiger partial charge in [0.1, 0.15) is 5.82 Å². The van der Waals surface area contributed by atoms with Crippen molar-refractivity contribution in [3.05, 3.63) is 41.7 Å². The molecular weight excluding hydrogens is 382 g/mol. The Morgan fingerprint density at radius 1 is 1.21 bits per heavy atom. The van der Waals surface area contributed by atoms with Crippen LogP contribution < -0.4 is 4.72 Å². The SMILES string of the molecule is CC1=C[C@@H](CNS(=O)(=O)C(C)C)[C@H](C(C)C)C[C@H]1Cc1nc2ccccc2n1C. The zero-order chi connectivity index (χ0) is 21.3. The average Bonchev–Trinajstić information content (AvgIpc) is 2.97. The third-order valence-corrected chi connectivity index (χ3v) is 8.34. The van der Waals surface area contributed by atoms with Crippen molar-refractivity contribution in [1.29, 1.82) is 0 Å². The fraction of sp³-hybridized carbons (Fsp3) is 0.609. The van der Waals surface area contributed by atoms with Crippen molar-refractivity contribution < 1.29 is 8.42 Å². The first-order valence-corrected chi connectivity index (χ1v) is 12.2. The Bertz CT molecular complexity index is 989. The fourth-order valence-electron chi connectivity index (χ4n) is 4.49. The molecule has 0 radical (unpaired) electrons. The topological polar surface area (TPSA) is 64.0 Å². The lowest BCUT2D eigenvalue weighted by Gasteiger charge is -2.37. The van der Waals surface area contributed by atoms with Crippen molar-refractivity contribution in [2.24, 2.45) is 30.7 Å². The van der Waals surface area contributed by atoms with Gasteiger partial charge in [-0.05, 0) is 63.0 Å². The third-order valence-electron chi connectivity index (χ3n) is 6.53. The minimum atomic E-state index is -3.24. The number of imidazole rings is 1. The molecule has 5 nitrogen and oxygen atoms in total. The molecule has 2 aromatic rings. The maximum absolute atomic E-state index is 12.2. The maximum Gasteiger partial charge on any atom is 0.213 e. The quantitative estimate of drug-likeness (QED) is 0.683. The van der Waals surface area contributed by atoms with E-state index in [1.807, 2.05) is 6.07 Å². The standard InChI is InChI=1S/C23H35N3O2S/c1-15(2)20-12-18(13-23-25-21-9-7-8-10-22(21)26(23)6)17(5)11-19(20)14-24-29(27,28)16(3)4/h7-11,15-16,18-20,24H,12-14H2,1-6H3/t18-,19-,20-/m0/s1. The normalized spacial score (nSPS) is 23.2. The number of nitrogens with zero attached hydrogens (tertiary/aromatic N) is 2. The Morgan fingerprint density at radius 2 is 1.90 bits per heavy atom. The van der Waals surface area contributed by atoms with Gasteiger partial charge in [-0.15, -0.1) is 0 Å². The molecule has 1 aliphatic carbocycles. The van der Waals surface area contributed by atoms with Crippen molar-refractivity contribution in [2.45, 2.75) is 52.7 Å². The Kier molecular flexibility index (Phi) is 6.54. The van der Waals surface area contributed by atoms with Gasteiger partial charge in [-0.25, -0.2) is 18.1 Å². The molecule has 1 aromatic carbocycles. The summed E-state index contributed by atoms with van der Waals surface area (Å²) in [6.07, 6.45) is 4.29. The maximum atomic E-state index is 12.2. The Labute approximate surface area is 175 Å². The number of sulfonamides is 1. The summed E-state index contributed by atoms with van der Waals surface area (Å²) in [5.74, 6) is 2.74. The molecule has 0 amide bonds. The molecule has 1 N–H and O–H groups in total. The number of para-hydroxylation sites is 2. The zero-order valence-electron chi connectivity index (χ0n) is 18.5. The zero-order valence-corrected chi connectivity index (χ0v) is 19.3. The number of fused-ring (bicyclic) bond motifs is 1. The van der Waals surface area contributed by atoms with Crippen LogP contribution in [0, 0.1) is 23.7 Å². The van der Waals surface area contributed by atoms with E-state index in [0.717, 1.165) is 24.2 Å². The van der Waals surface area contributed by atoms with E-state index in [0.29, 0.717) is 24.3 Å². The van der Waals surface area contributed by atoms with E-state index < -0.39 is 15.3 Å². The van der Waals surface area contributed by atoms with Crippen LogP contribution in [0.15, 0.2) is 35.9 Å². The third kappa shape index (κ3) is 4.75. The molecule has 0 saturated carbocycles. The largest absolute Gasteiger partial charge is 0.331 e. The van der Waals surface area contributed by atoms with E-state index in [-0.39, 0.29) is 5.92 Å². The van der Waals surface area contributed by atoms with Gasteiger partial charge in [-0.3, -0.25) is 0 Å². The van der Waals surface area contributed by atoms with E-state index in [2.05, 4.69) is 61.4 Å². The van der Waals surface area contributed by atoms with E-state index >= 15 is 0 Å². The minimum Gasteiger partial charge on any atom is -0.331 e. The average molecular weight is 418 g/mol. The molecule has 1 aromatic heterocycles. The van der Waals surface area contributed by atoms with Gasteiger partial charge in [0.15, 0.2) is 0 Å². The number of allylic oxidation sites excluding steroid dienone is 1. The number of hydrogen-bond acceptors (Lipinski definition) is 3. The molecule has 6 heteroatoms. The molecule has 29 heavy (non-hydrogen) atoms. The highest BCUT2D eigenvalue weighted by molar-refractivity contribution is 7.90.